The highest BCUT2D eigenvalue weighted by Crippen LogP contribution is 2.40. The fourth-order valence-corrected chi connectivity index (χ4v) is 5.73. The summed E-state index contributed by atoms with van der Waals surface area (Å²) in [7, 11) is 0. The summed E-state index contributed by atoms with van der Waals surface area (Å²) in [5.41, 5.74) is 0.685. The molecule has 0 radical (unpaired) electrons. The molecule has 3 fully saturated rings. The molecule has 2 amide bonds. The molecule has 2 saturated heterocycles. The molecule has 1 aliphatic carbocycles. The Morgan fingerprint density at radius 1 is 1.10 bits per heavy atom. The second-order valence-corrected chi connectivity index (χ2v) is 9.55. The summed E-state index contributed by atoms with van der Waals surface area (Å²) in [5, 5.41) is 3.15. The van der Waals surface area contributed by atoms with Gasteiger partial charge in [0.15, 0.2) is 0 Å². The van der Waals surface area contributed by atoms with E-state index in [2.05, 4.69) is 17.4 Å². The first-order valence-electron chi connectivity index (χ1n) is 11.6. The van der Waals surface area contributed by atoms with E-state index in [1.165, 1.54) is 5.56 Å². The molecular weight excluding hydrogens is 396 g/mol. The summed E-state index contributed by atoms with van der Waals surface area (Å²) in [6, 6.07) is 8.02. The van der Waals surface area contributed by atoms with E-state index in [-0.39, 0.29) is 36.5 Å². The third kappa shape index (κ3) is 3.94. The first-order valence-corrected chi connectivity index (χ1v) is 11.6. The number of amides is 2. The molecule has 1 aromatic rings. The Balaban J connectivity index is 1.43. The fourth-order valence-electron chi connectivity index (χ4n) is 5.73. The zero-order valence-corrected chi connectivity index (χ0v) is 18.2. The maximum Gasteiger partial charge on any atom is 0.246 e. The highest BCUT2D eigenvalue weighted by molar-refractivity contribution is 5.81. The van der Waals surface area contributed by atoms with E-state index in [1.807, 2.05) is 24.0 Å². The third-order valence-corrected chi connectivity index (χ3v) is 7.51. The number of carbonyl (C=O) groups is 2. The molecule has 4 aliphatic heterocycles. The number of nitrogens with zero attached hydrogens (tertiary/aromatic N) is 1. The molecule has 3 atom stereocenters. The molecule has 0 unspecified atom stereocenters. The molecule has 1 N–H and O–H groups in total. The Labute approximate surface area is 183 Å². The molecule has 2 bridgehead atoms. The van der Waals surface area contributed by atoms with Gasteiger partial charge in [0.2, 0.25) is 11.8 Å². The van der Waals surface area contributed by atoms with Crippen LogP contribution in [0.1, 0.15) is 50.5 Å². The van der Waals surface area contributed by atoms with Crippen LogP contribution in [-0.4, -0.2) is 67.4 Å². The van der Waals surface area contributed by atoms with Gasteiger partial charge in [-0.15, -0.1) is 0 Å². The van der Waals surface area contributed by atoms with E-state index in [0.29, 0.717) is 38.7 Å². The Morgan fingerprint density at radius 2 is 1.90 bits per heavy atom. The van der Waals surface area contributed by atoms with Crippen LogP contribution < -0.4 is 10.1 Å². The number of fused-ring (bicyclic) bond motifs is 6. The number of benzene rings is 1. The maximum absolute atomic E-state index is 13.4. The molecule has 1 aromatic carbocycles. The zero-order chi connectivity index (χ0) is 21.4. The van der Waals surface area contributed by atoms with Crippen molar-refractivity contribution in [1.29, 1.82) is 0 Å². The highest BCUT2D eigenvalue weighted by atomic mass is 16.5. The normalized spacial score (nSPS) is 36.4. The van der Waals surface area contributed by atoms with Gasteiger partial charge < -0.3 is 24.4 Å². The summed E-state index contributed by atoms with van der Waals surface area (Å²) in [6.07, 6.45) is 4.98. The SMILES string of the molecule is C[C@@H]1COc2ccccc2[C@H]2CC[C@H](CC2)OC[C@@H]2N(CC[C@@]23COCC(=O)N3)C1=O. The fraction of sp³-hybridized carbons (Fsp3) is 0.667. The van der Waals surface area contributed by atoms with Gasteiger partial charge in [0.05, 0.1) is 43.4 Å². The minimum absolute atomic E-state index is 0.0463. The molecule has 6 rings (SSSR count). The monoisotopic (exact) mass is 428 g/mol. The van der Waals surface area contributed by atoms with Gasteiger partial charge in [0.25, 0.3) is 0 Å². The summed E-state index contributed by atoms with van der Waals surface area (Å²) in [5.74, 6) is 1.00. The lowest BCUT2D eigenvalue weighted by Gasteiger charge is -2.42. The maximum atomic E-state index is 13.4. The number of hydrogen-bond donors (Lipinski definition) is 1. The Morgan fingerprint density at radius 3 is 2.71 bits per heavy atom. The highest BCUT2D eigenvalue weighted by Gasteiger charge is 2.52. The minimum atomic E-state index is -0.563. The van der Waals surface area contributed by atoms with E-state index in [1.54, 1.807) is 0 Å². The molecule has 1 spiro atoms. The van der Waals surface area contributed by atoms with Gasteiger partial charge in [-0.25, -0.2) is 0 Å². The van der Waals surface area contributed by atoms with Gasteiger partial charge in [0, 0.05) is 6.54 Å². The van der Waals surface area contributed by atoms with Crippen LogP contribution in [0.3, 0.4) is 0 Å². The number of para-hydroxylation sites is 1. The van der Waals surface area contributed by atoms with Crippen LogP contribution in [0.15, 0.2) is 24.3 Å². The Bertz CT molecular complexity index is 837. The summed E-state index contributed by atoms with van der Waals surface area (Å²) >= 11 is 0. The standard InChI is InChI=1S/C24H32N2O5/c1-16-12-31-20-5-3-2-4-19(20)17-6-8-18(9-7-17)30-13-21-24(10-11-26(21)23(16)28)15-29-14-22(27)25-24/h2-5,16-18,21H,6-15H2,1H3,(H,25,27)/t16-,17-,18+,21+,24-/m1/s1. The van der Waals surface area contributed by atoms with Gasteiger partial charge >= 0.3 is 0 Å². The quantitative estimate of drug-likeness (QED) is 0.686. The van der Waals surface area contributed by atoms with Crippen molar-refractivity contribution in [1.82, 2.24) is 10.2 Å². The number of rotatable bonds is 0. The van der Waals surface area contributed by atoms with E-state index >= 15 is 0 Å². The van der Waals surface area contributed by atoms with Crippen molar-refractivity contribution in [3.05, 3.63) is 29.8 Å². The topological polar surface area (TPSA) is 77.1 Å². The van der Waals surface area contributed by atoms with E-state index in [4.69, 9.17) is 14.2 Å². The number of ether oxygens (including phenoxy) is 3. The van der Waals surface area contributed by atoms with E-state index in [0.717, 1.165) is 31.4 Å². The van der Waals surface area contributed by atoms with E-state index in [9.17, 15) is 9.59 Å². The molecule has 0 aromatic heterocycles. The third-order valence-electron chi connectivity index (χ3n) is 7.51. The smallest absolute Gasteiger partial charge is 0.246 e. The first-order chi connectivity index (χ1) is 15.1. The van der Waals surface area contributed by atoms with Crippen LogP contribution in [0.25, 0.3) is 0 Å². The Hall–Kier alpha value is -2.12. The van der Waals surface area contributed by atoms with Crippen LogP contribution in [-0.2, 0) is 19.1 Å². The summed E-state index contributed by atoms with van der Waals surface area (Å²) < 4.78 is 18.2. The average Bonchev–Trinajstić information content (AvgIpc) is 3.12. The van der Waals surface area contributed by atoms with Gasteiger partial charge in [-0.1, -0.05) is 25.1 Å². The van der Waals surface area contributed by atoms with E-state index < -0.39 is 5.54 Å². The minimum Gasteiger partial charge on any atom is -0.492 e. The second kappa shape index (κ2) is 8.43. The molecule has 7 heteroatoms. The van der Waals surface area contributed by atoms with Crippen molar-refractivity contribution in [2.45, 2.75) is 62.6 Å². The first kappa shape index (κ1) is 20.8. The van der Waals surface area contributed by atoms with Crippen molar-refractivity contribution in [2.24, 2.45) is 5.92 Å². The molecule has 168 valence electrons. The van der Waals surface area contributed by atoms with Gasteiger partial charge in [0.1, 0.15) is 12.4 Å². The predicted molar refractivity (Wildman–Crippen MR) is 114 cm³/mol. The molecular formula is C24H32N2O5. The number of carbonyl (C=O) groups excluding carboxylic acids is 2. The lowest BCUT2D eigenvalue weighted by Crippen LogP contribution is -2.65. The van der Waals surface area contributed by atoms with Crippen LogP contribution in [0, 0.1) is 5.92 Å². The lowest BCUT2D eigenvalue weighted by molar-refractivity contribution is -0.145. The summed E-state index contributed by atoms with van der Waals surface area (Å²) in [4.78, 5) is 27.5. The second-order valence-electron chi connectivity index (χ2n) is 9.55. The molecule has 31 heavy (non-hydrogen) atoms. The van der Waals surface area contributed by atoms with Crippen LogP contribution in [0.5, 0.6) is 5.75 Å². The number of hydrogen-bond acceptors (Lipinski definition) is 5. The van der Waals surface area contributed by atoms with Crippen molar-refractivity contribution >= 4 is 11.8 Å². The van der Waals surface area contributed by atoms with Crippen molar-refractivity contribution < 1.29 is 23.8 Å². The molecule has 7 nitrogen and oxygen atoms in total. The largest absolute Gasteiger partial charge is 0.492 e. The Kier molecular flexibility index (Phi) is 5.65. The summed E-state index contributed by atoms with van der Waals surface area (Å²) in [6.45, 7) is 3.77. The van der Waals surface area contributed by atoms with Crippen molar-refractivity contribution in [3.8, 4) is 5.75 Å². The molecule has 5 aliphatic rings. The number of morpholine rings is 1. The van der Waals surface area contributed by atoms with Gasteiger partial charge in [-0.2, -0.15) is 0 Å². The van der Waals surface area contributed by atoms with Crippen molar-refractivity contribution in [3.63, 3.8) is 0 Å². The van der Waals surface area contributed by atoms with Crippen LogP contribution in [0.4, 0.5) is 0 Å². The average molecular weight is 429 g/mol. The zero-order valence-electron chi connectivity index (χ0n) is 18.2. The van der Waals surface area contributed by atoms with Crippen LogP contribution >= 0.6 is 0 Å². The lowest BCUT2D eigenvalue weighted by atomic mass is 9.82. The molecule has 1 saturated carbocycles. The van der Waals surface area contributed by atoms with Gasteiger partial charge in [-0.05, 0) is 49.7 Å². The number of nitrogens with one attached hydrogen (secondary N) is 1. The predicted octanol–water partition coefficient (Wildman–Crippen LogP) is 2.24. The van der Waals surface area contributed by atoms with Crippen molar-refractivity contribution in [2.75, 3.05) is 33.0 Å². The molecule has 4 heterocycles. The van der Waals surface area contributed by atoms with Gasteiger partial charge in [-0.3, -0.25) is 9.59 Å². The van der Waals surface area contributed by atoms with Crippen LogP contribution in [0.2, 0.25) is 0 Å².